The van der Waals surface area contributed by atoms with Crippen LogP contribution < -0.4 is 0 Å². The van der Waals surface area contributed by atoms with Gasteiger partial charge in [-0.05, 0) is 42.6 Å². The summed E-state index contributed by atoms with van der Waals surface area (Å²) in [6.45, 7) is 9.28. The molecule has 0 aliphatic heterocycles. The summed E-state index contributed by atoms with van der Waals surface area (Å²) in [5.74, 6) is 1.36. The summed E-state index contributed by atoms with van der Waals surface area (Å²) >= 11 is 0. The Kier molecular flexibility index (Phi) is 6.08. The molecule has 0 amide bonds. The van der Waals surface area contributed by atoms with Gasteiger partial charge in [-0.3, -0.25) is 0 Å². The molecule has 0 fully saturated rings. The van der Waals surface area contributed by atoms with E-state index in [1.54, 1.807) is 0 Å². The Hall–Kier alpha value is -1.68. The molecule has 18 heavy (non-hydrogen) atoms. The van der Waals surface area contributed by atoms with E-state index in [-0.39, 0.29) is 0 Å². The maximum atomic E-state index is 5.79. The first-order valence-corrected chi connectivity index (χ1v) is 6.55. The third-order valence-electron chi connectivity index (χ3n) is 2.78. The molecule has 0 atom stereocenters. The number of ether oxygens (including phenoxy) is 1. The Bertz CT molecular complexity index is 460. The van der Waals surface area contributed by atoms with E-state index in [0.717, 1.165) is 12.2 Å². The SMILES string of the molecule is CC=C(C(=CCC)COC1=CC=C=C=C1)C(C)C. The van der Waals surface area contributed by atoms with E-state index in [9.17, 15) is 0 Å². The Morgan fingerprint density at radius 1 is 1.39 bits per heavy atom. The Labute approximate surface area is 111 Å². The third kappa shape index (κ3) is 4.30. The highest BCUT2D eigenvalue weighted by molar-refractivity contribution is 5.33. The van der Waals surface area contributed by atoms with Crippen LogP contribution in [0.2, 0.25) is 0 Å². The maximum absolute atomic E-state index is 5.79. The van der Waals surface area contributed by atoms with E-state index in [4.69, 9.17) is 4.74 Å². The van der Waals surface area contributed by atoms with Gasteiger partial charge in [0.2, 0.25) is 0 Å². The molecule has 0 N–H and O–H groups in total. The molecule has 0 saturated carbocycles. The molecular formula is C17H22O. The van der Waals surface area contributed by atoms with Gasteiger partial charge in [-0.15, -0.1) is 0 Å². The van der Waals surface area contributed by atoms with E-state index >= 15 is 0 Å². The Balaban J connectivity index is 2.71. The second-order valence-electron chi connectivity index (χ2n) is 4.49. The first-order valence-electron chi connectivity index (χ1n) is 6.55. The van der Waals surface area contributed by atoms with Gasteiger partial charge in [-0.1, -0.05) is 44.4 Å². The largest absolute Gasteiger partial charge is 0.488 e. The van der Waals surface area contributed by atoms with Gasteiger partial charge >= 0.3 is 0 Å². The van der Waals surface area contributed by atoms with Gasteiger partial charge in [0.05, 0.1) is 0 Å². The summed E-state index contributed by atoms with van der Waals surface area (Å²) in [6, 6.07) is 0. The van der Waals surface area contributed by atoms with Crippen molar-refractivity contribution >= 4 is 0 Å². The second kappa shape index (κ2) is 7.61. The highest BCUT2D eigenvalue weighted by atomic mass is 16.5. The van der Waals surface area contributed by atoms with Crippen molar-refractivity contribution in [3.63, 3.8) is 0 Å². The molecule has 0 saturated heterocycles. The Morgan fingerprint density at radius 3 is 2.67 bits per heavy atom. The lowest BCUT2D eigenvalue weighted by atomic mass is 9.94. The van der Waals surface area contributed by atoms with Crippen LogP contribution in [0.25, 0.3) is 0 Å². The standard InChI is InChI=1S/C17H22O/c1-5-10-15(17(6-2)14(3)4)13-18-16-11-8-7-9-12-16/h6,8,10-12,14H,5,13H2,1-4H3. The summed E-state index contributed by atoms with van der Waals surface area (Å²) in [6.07, 6.45) is 11.0. The molecule has 0 aromatic rings. The molecule has 1 heteroatoms. The van der Waals surface area contributed by atoms with Crippen molar-refractivity contribution in [2.45, 2.75) is 34.1 Å². The average Bonchev–Trinajstić information content (AvgIpc) is 2.37. The molecule has 0 aromatic carbocycles. The quantitative estimate of drug-likeness (QED) is 0.484. The predicted molar refractivity (Wildman–Crippen MR) is 77.2 cm³/mol. The van der Waals surface area contributed by atoms with Crippen molar-refractivity contribution < 1.29 is 4.74 Å². The van der Waals surface area contributed by atoms with Crippen LogP contribution in [0.15, 0.2) is 58.7 Å². The number of hydrogen-bond acceptors (Lipinski definition) is 1. The van der Waals surface area contributed by atoms with Gasteiger partial charge < -0.3 is 4.74 Å². The van der Waals surface area contributed by atoms with Crippen molar-refractivity contribution in [1.82, 2.24) is 0 Å². The minimum absolute atomic E-state index is 0.520. The van der Waals surface area contributed by atoms with Crippen molar-refractivity contribution in [3.8, 4) is 0 Å². The molecule has 1 aliphatic carbocycles. The highest BCUT2D eigenvalue weighted by Gasteiger charge is 2.09. The zero-order chi connectivity index (χ0) is 13.4. The average molecular weight is 242 g/mol. The van der Waals surface area contributed by atoms with Gasteiger partial charge in [0.1, 0.15) is 12.4 Å². The molecule has 0 bridgehead atoms. The van der Waals surface area contributed by atoms with E-state index in [0.29, 0.717) is 12.5 Å². The zero-order valence-electron chi connectivity index (χ0n) is 11.8. The lowest BCUT2D eigenvalue weighted by Gasteiger charge is -2.16. The van der Waals surface area contributed by atoms with Crippen LogP contribution in [0.1, 0.15) is 34.1 Å². The zero-order valence-corrected chi connectivity index (χ0v) is 11.8. The number of hydrogen-bond donors (Lipinski definition) is 0. The number of allylic oxidation sites excluding steroid dienone is 5. The van der Waals surface area contributed by atoms with Crippen LogP contribution in [0.3, 0.4) is 0 Å². The monoisotopic (exact) mass is 242 g/mol. The highest BCUT2D eigenvalue weighted by Crippen LogP contribution is 2.21. The first-order chi connectivity index (χ1) is 8.69. The fourth-order valence-corrected chi connectivity index (χ4v) is 1.98. The smallest absolute Gasteiger partial charge is 0.128 e. The van der Waals surface area contributed by atoms with Crippen LogP contribution in [-0.4, -0.2) is 6.61 Å². The van der Waals surface area contributed by atoms with Crippen LogP contribution in [0.5, 0.6) is 0 Å². The van der Waals surface area contributed by atoms with Crippen molar-refractivity contribution in [1.29, 1.82) is 0 Å². The van der Waals surface area contributed by atoms with Crippen LogP contribution in [0.4, 0.5) is 0 Å². The van der Waals surface area contributed by atoms with Crippen LogP contribution in [-0.2, 0) is 4.74 Å². The number of rotatable bonds is 6. The summed E-state index contributed by atoms with van der Waals surface area (Å²) in [5.41, 5.74) is 8.41. The van der Waals surface area contributed by atoms with Crippen molar-refractivity contribution in [2.75, 3.05) is 6.61 Å². The summed E-state index contributed by atoms with van der Waals surface area (Å²) in [7, 11) is 0. The maximum Gasteiger partial charge on any atom is 0.128 e. The molecular weight excluding hydrogens is 220 g/mol. The van der Waals surface area contributed by atoms with Gasteiger partial charge in [-0.2, -0.15) is 0 Å². The molecule has 0 heterocycles. The topological polar surface area (TPSA) is 9.23 Å². The normalized spacial score (nSPS) is 15.3. The summed E-state index contributed by atoms with van der Waals surface area (Å²) < 4.78 is 5.79. The molecule has 96 valence electrons. The fraction of sp³-hybridized carbons (Fsp3) is 0.412. The summed E-state index contributed by atoms with van der Waals surface area (Å²) in [5, 5.41) is 0. The molecule has 0 radical (unpaired) electrons. The van der Waals surface area contributed by atoms with Crippen LogP contribution >= 0.6 is 0 Å². The minimum Gasteiger partial charge on any atom is -0.488 e. The molecule has 0 unspecified atom stereocenters. The lowest BCUT2D eigenvalue weighted by molar-refractivity contribution is 0.253. The minimum atomic E-state index is 0.520. The van der Waals surface area contributed by atoms with Gasteiger partial charge in [0.25, 0.3) is 0 Å². The molecule has 1 aliphatic rings. The Morgan fingerprint density at radius 2 is 2.17 bits per heavy atom. The molecule has 0 aromatic heterocycles. The third-order valence-corrected chi connectivity index (χ3v) is 2.78. The fourth-order valence-electron chi connectivity index (χ4n) is 1.98. The molecule has 1 nitrogen and oxygen atoms in total. The van der Waals surface area contributed by atoms with Crippen LogP contribution in [0, 0.1) is 5.92 Å². The second-order valence-corrected chi connectivity index (χ2v) is 4.49. The van der Waals surface area contributed by atoms with E-state index in [1.807, 2.05) is 18.2 Å². The predicted octanol–water partition coefficient (Wildman–Crippen LogP) is 4.71. The first kappa shape index (κ1) is 14.4. The van der Waals surface area contributed by atoms with Gasteiger partial charge in [0.15, 0.2) is 0 Å². The lowest BCUT2D eigenvalue weighted by Crippen LogP contribution is -2.05. The summed E-state index contributed by atoms with van der Waals surface area (Å²) in [4.78, 5) is 0. The van der Waals surface area contributed by atoms with Gasteiger partial charge in [-0.25, -0.2) is 0 Å². The molecule has 0 spiro atoms. The van der Waals surface area contributed by atoms with Crippen molar-refractivity contribution in [3.05, 3.63) is 58.7 Å². The van der Waals surface area contributed by atoms with Gasteiger partial charge in [0, 0.05) is 6.08 Å². The molecule has 1 rings (SSSR count). The van der Waals surface area contributed by atoms with E-state index in [1.165, 1.54) is 11.1 Å². The van der Waals surface area contributed by atoms with E-state index < -0.39 is 0 Å². The van der Waals surface area contributed by atoms with Crippen molar-refractivity contribution in [2.24, 2.45) is 5.92 Å². The van der Waals surface area contributed by atoms with E-state index in [2.05, 4.69) is 51.3 Å².